The van der Waals surface area contributed by atoms with Crippen LogP contribution in [0.15, 0.2) is 18.2 Å². The lowest BCUT2D eigenvalue weighted by Crippen LogP contribution is -2.40. The molecule has 0 radical (unpaired) electrons. The highest BCUT2D eigenvalue weighted by Crippen LogP contribution is 2.23. The van der Waals surface area contributed by atoms with Crippen molar-refractivity contribution in [3.05, 3.63) is 34.6 Å². The molecule has 2 rings (SSSR count). The number of hydrogen-bond donors (Lipinski definition) is 3. The van der Waals surface area contributed by atoms with Gasteiger partial charge in [0.15, 0.2) is 0 Å². The molecular weight excluding hydrogens is 290 g/mol. The quantitative estimate of drug-likeness (QED) is 0.782. The summed E-state index contributed by atoms with van der Waals surface area (Å²) in [6.45, 7) is -0.734. The van der Waals surface area contributed by atoms with Crippen LogP contribution in [0.1, 0.15) is 12.0 Å². The summed E-state index contributed by atoms with van der Waals surface area (Å²) >= 11 is 5.64. The minimum absolute atomic E-state index is 0.0150. The van der Waals surface area contributed by atoms with E-state index in [1.807, 2.05) is 0 Å². The van der Waals surface area contributed by atoms with Crippen molar-refractivity contribution in [1.82, 2.24) is 10.6 Å². The number of halogens is 3. The molecule has 2 unspecified atom stereocenters. The van der Waals surface area contributed by atoms with Crippen molar-refractivity contribution in [1.29, 1.82) is 0 Å². The van der Waals surface area contributed by atoms with Crippen LogP contribution < -0.4 is 10.6 Å². The Bertz CT molecular complexity index is 515. The second-order valence-electron chi connectivity index (χ2n) is 4.88. The molecule has 0 aromatic heterocycles. The topological polar surface area (TPSA) is 61.4 Å². The van der Waals surface area contributed by atoms with Crippen LogP contribution >= 0.6 is 11.6 Å². The van der Waals surface area contributed by atoms with Crippen molar-refractivity contribution in [3.8, 4) is 0 Å². The molecule has 0 spiro atoms. The highest BCUT2D eigenvalue weighted by atomic mass is 35.5. The monoisotopic (exact) mass is 304 g/mol. The maximum Gasteiger partial charge on any atom is 0.237 e. The lowest BCUT2D eigenvalue weighted by molar-refractivity contribution is -0.123. The first kappa shape index (κ1) is 15.2. The van der Waals surface area contributed by atoms with E-state index in [2.05, 4.69) is 10.6 Å². The zero-order valence-corrected chi connectivity index (χ0v) is 11.4. The first-order valence-electron chi connectivity index (χ1n) is 6.19. The average Bonchev–Trinajstić information content (AvgIpc) is 2.84. The minimum Gasteiger partial charge on any atom is -0.393 e. The van der Waals surface area contributed by atoms with Crippen molar-refractivity contribution in [3.63, 3.8) is 0 Å². The number of rotatable bonds is 4. The van der Waals surface area contributed by atoms with E-state index in [4.69, 9.17) is 16.7 Å². The van der Waals surface area contributed by atoms with Gasteiger partial charge in [-0.05, 0) is 6.07 Å². The molecule has 2 atom stereocenters. The van der Waals surface area contributed by atoms with Crippen molar-refractivity contribution in [2.24, 2.45) is 0 Å². The summed E-state index contributed by atoms with van der Waals surface area (Å²) in [6.07, 6.45) is -0.104. The molecule has 7 heteroatoms. The number of nitrogens with one attached hydrogen (secondary N) is 2. The molecule has 20 heavy (non-hydrogen) atoms. The van der Waals surface area contributed by atoms with E-state index in [-0.39, 0.29) is 30.1 Å². The third kappa shape index (κ3) is 3.26. The number of amides is 1. The highest BCUT2D eigenvalue weighted by molar-refractivity contribution is 6.30. The van der Waals surface area contributed by atoms with Crippen LogP contribution in [-0.4, -0.2) is 35.9 Å². The Morgan fingerprint density at radius 1 is 1.60 bits per heavy atom. The Hall–Kier alpha value is -1.24. The number of hydrogen-bond acceptors (Lipinski definition) is 3. The van der Waals surface area contributed by atoms with Crippen molar-refractivity contribution >= 4 is 17.5 Å². The van der Waals surface area contributed by atoms with E-state index in [1.165, 1.54) is 12.1 Å². The second-order valence-corrected chi connectivity index (χ2v) is 5.28. The van der Waals surface area contributed by atoms with Gasteiger partial charge in [0.2, 0.25) is 5.91 Å². The number of alkyl halides is 1. The number of aliphatic hydroxyl groups is 1. The normalized spacial score (nSPS) is 25.7. The van der Waals surface area contributed by atoms with E-state index in [0.29, 0.717) is 0 Å². The lowest BCUT2D eigenvalue weighted by Gasteiger charge is -2.15. The van der Waals surface area contributed by atoms with Crippen LogP contribution in [-0.2, 0) is 11.3 Å². The van der Waals surface area contributed by atoms with Gasteiger partial charge >= 0.3 is 0 Å². The summed E-state index contributed by atoms with van der Waals surface area (Å²) in [7, 11) is 0. The minimum atomic E-state index is -1.77. The maximum atomic E-state index is 13.8. The van der Waals surface area contributed by atoms with Crippen molar-refractivity contribution in [2.45, 2.75) is 24.7 Å². The van der Waals surface area contributed by atoms with Crippen molar-refractivity contribution < 1.29 is 18.7 Å². The van der Waals surface area contributed by atoms with Gasteiger partial charge in [-0.25, -0.2) is 8.78 Å². The standard InChI is InChI=1S/C13H15ClF2N2O2/c14-9-3-1-2-8(11(9)15)5-17-12(20)10-4-13(16,7-19)6-18-10/h1-3,10,18-19H,4-7H2,(H,17,20). The Morgan fingerprint density at radius 2 is 2.35 bits per heavy atom. The summed E-state index contributed by atoms with van der Waals surface area (Å²) in [4.78, 5) is 11.8. The number of aliphatic hydroxyl groups excluding tert-OH is 1. The fourth-order valence-corrected chi connectivity index (χ4v) is 2.31. The lowest BCUT2D eigenvalue weighted by atomic mass is 10.0. The zero-order chi connectivity index (χ0) is 14.8. The van der Waals surface area contributed by atoms with Gasteiger partial charge in [0, 0.05) is 25.1 Å². The third-order valence-corrected chi connectivity index (χ3v) is 3.61. The molecule has 1 aliphatic rings. The fraction of sp³-hybridized carbons (Fsp3) is 0.462. The van der Waals surface area contributed by atoms with Gasteiger partial charge in [0.1, 0.15) is 11.5 Å². The Kier molecular flexibility index (Phi) is 4.57. The first-order chi connectivity index (χ1) is 9.45. The van der Waals surface area contributed by atoms with Gasteiger partial charge < -0.3 is 15.7 Å². The summed E-state index contributed by atoms with van der Waals surface area (Å²) in [5, 5.41) is 14.1. The molecule has 4 nitrogen and oxygen atoms in total. The average molecular weight is 305 g/mol. The summed E-state index contributed by atoms with van der Waals surface area (Å²) in [6, 6.07) is 3.78. The van der Waals surface area contributed by atoms with E-state index in [1.54, 1.807) is 6.07 Å². The molecule has 110 valence electrons. The molecule has 1 fully saturated rings. The molecule has 1 amide bonds. The molecule has 0 saturated carbocycles. The van der Waals surface area contributed by atoms with E-state index in [9.17, 15) is 13.6 Å². The first-order valence-corrected chi connectivity index (χ1v) is 6.57. The van der Waals surface area contributed by atoms with Crippen LogP contribution in [0.4, 0.5) is 8.78 Å². The van der Waals surface area contributed by atoms with Gasteiger partial charge in [-0.1, -0.05) is 23.7 Å². The summed E-state index contributed by atoms with van der Waals surface area (Å²) in [5.41, 5.74) is -1.51. The summed E-state index contributed by atoms with van der Waals surface area (Å²) < 4.78 is 27.4. The second kappa shape index (κ2) is 6.03. The van der Waals surface area contributed by atoms with E-state index < -0.39 is 30.0 Å². The molecule has 1 heterocycles. The van der Waals surface area contributed by atoms with Crippen molar-refractivity contribution in [2.75, 3.05) is 13.2 Å². The van der Waals surface area contributed by atoms with E-state index in [0.717, 1.165) is 0 Å². The van der Waals surface area contributed by atoms with Gasteiger partial charge in [0.25, 0.3) is 0 Å². The number of benzene rings is 1. The Morgan fingerprint density at radius 3 is 3.00 bits per heavy atom. The van der Waals surface area contributed by atoms with Gasteiger partial charge in [-0.15, -0.1) is 0 Å². The molecule has 1 aliphatic heterocycles. The van der Waals surface area contributed by atoms with Crippen LogP contribution in [0.2, 0.25) is 5.02 Å². The molecule has 1 aromatic rings. The van der Waals surface area contributed by atoms with Gasteiger partial charge in [-0.2, -0.15) is 0 Å². The molecule has 3 N–H and O–H groups in total. The summed E-state index contributed by atoms with van der Waals surface area (Å²) in [5.74, 6) is -1.01. The predicted octanol–water partition coefficient (Wildman–Crippen LogP) is 1.16. The van der Waals surface area contributed by atoms with Crippen LogP contribution in [0.3, 0.4) is 0 Å². The largest absolute Gasteiger partial charge is 0.393 e. The molecular formula is C13H15ClF2N2O2. The number of carbonyl (C=O) groups excluding carboxylic acids is 1. The smallest absolute Gasteiger partial charge is 0.237 e. The van der Waals surface area contributed by atoms with Gasteiger partial charge in [-0.3, -0.25) is 4.79 Å². The van der Waals surface area contributed by atoms with E-state index >= 15 is 0 Å². The van der Waals surface area contributed by atoms with Gasteiger partial charge in [0.05, 0.1) is 17.7 Å². The Balaban J connectivity index is 1.92. The molecule has 0 bridgehead atoms. The third-order valence-electron chi connectivity index (χ3n) is 3.32. The van der Waals surface area contributed by atoms with Crippen LogP contribution in [0.25, 0.3) is 0 Å². The van der Waals surface area contributed by atoms with Crippen LogP contribution in [0, 0.1) is 5.82 Å². The fourth-order valence-electron chi connectivity index (χ4n) is 2.11. The molecule has 1 aromatic carbocycles. The predicted molar refractivity (Wildman–Crippen MR) is 70.6 cm³/mol. The zero-order valence-electron chi connectivity index (χ0n) is 10.6. The number of carbonyl (C=O) groups is 1. The SMILES string of the molecule is O=C(NCc1cccc(Cl)c1F)C1CC(F)(CO)CN1. The molecule has 1 saturated heterocycles. The highest BCUT2D eigenvalue weighted by Gasteiger charge is 2.41. The Labute approximate surface area is 120 Å². The molecule has 0 aliphatic carbocycles. The maximum absolute atomic E-state index is 13.8. The van der Waals surface area contributed by atoms with Crippen LogP contribution in [0.5, 0.6) is 0 Å².